The van der Waals surface area contributed by atoms with E-state index in [-0.39, 0.29) is 16.3 Å². The molecule has 0 amide bonds. The highest BCUT2D eigenvalue weighted by atomic mass is 127. The molecule has 4 aromatic carbocycles. The Bertz CT molecular complexity index is 911. The molecule has 0 aliphatic rings. The molecule has 0 unspecified atom stereocenters. The lowest BCUT2D eigenvalue weighted by Gasteiger charge is -2.18. The van der Waals surface area contributed by atoms with Gasteiger partial charge < -0.3 is 0 Å². The molecule has 0 bridgehead atoms. The van der Waals surface area contributed by atoms with E-state index in [9.17, 15) is 0 Å². The fraction of sp³-hybridized carbons (Fsp3) is 0.143. The smallest absolute Gasteiger partial charge is 0.0619 e. The first-order chi connectivity index (χ1) is 14.4. The molecule has 0 nitrogen and oxygen atoms in total. The zero-order valence-corrected chi connectivity index (χ0v) is 20.7. The van der Waals surface area contributed by atoms with Crippen molar-refractivity contribution in [3.8, 4) is 0 Å². The summed E-state index contributed by atoms with van der Waals surface area (Å²) in [6, 6.07) is 40.9. The topological polar surface area (TPSA) is 0 Å². The quantitative estimate of drug-likeness (QED) is 0.187. The van der Waals surface area contributed by atoms with Crippen LogP contribution in [0.5, 0.6) is 0 Å². The molecule has 0 spiro atoms. The molecule has 0 fully saturated rings. The van der Waals surface area contributed by atoms with Gasteiger partial charge in [0.05, 0.1) is 10.9 Å². The molecule has 4 rings (SSSR count). The average molecular weight is 524 g/mol. The van der Waals surface area contributed by atoms with Crippen LogP contribution in [-0.2, 0) is 16.3 Å². The number of benzene rings is 4. The SMILES string of the molecule is CC(C)(C)c1ccc(I)cc1.c1ccc([S+](c2ccccc2)c2ccccc2)cc1. The van der Waals surface area contributed by atoms with Gasteiger partial charge in [-0.3, -0.25) is 0 Å². The number of hydrogen-bond donors (Lipinski definition) is 0. The lowest BCUT2D eigenvalue weighted by Crippen LogP contribution is -2.10. The van der Waals surface area contributed by atoms with Crippen molar-refractivity contribution in [3.05, 3.63) is 124 Å². The minimum absolute atomic E-state index is 0.0146. The Morgan fingerprint density at radius 3 is 1.13 bits per heavy atom. The molecule has 30 heavy (non-hydrogen) atoms. The second kappa shape index (κ2) is 10.8. The summed E-state index contributed by atoms with van der Waals surface area (Å²) >= 11 is 2.32. The maximum atomic E-state index is 2.32. The van der Waals surface area contributed by atoms with Crippen LogP contribution in [0.25, 0.3) is 0 Å². The van der Waals surface area contributed by atoms with Gasteiger partial charge in [-0.25, -0.2) is 0 Å². The Kier molecular flexibility index (Phi) is 8.17. The van der Waals surface area contributed by atoms with Crippen molar-refractivity contribution >= 4 is 33.5 Å². The summed E-state index contributed by atoms with van der Waals surface area (Å²) in [7, 11) is -0.0146. The van der Waals surface area contributed by atoms with E-state index in [0.717, 1.165) is 0 Å². The number of hydrogen-bond acceptors (Lipinski definition) is 0. The Morgan fingerprint density at radius 2 is 0.833 bits per heavy atom. The average Bonchev–Trinajstić information content (AvgIpc) is 2.76. The van der Waals surface area contributed by atoms with Crippen LogP contribution in [-0.4, -0.2) is 0 Å². The maximum absolute atomic E-state index is 2.32. The fourth-order valence-corrected chi connectivity index (χ4v) is 5.49. The molecule has 0 radical (unpaired) electrons. The van der Waals surface area contributed by atoms with Crippen molar-refractivity contribution in [1.82, 2.24) is 0 Å². The van der Waals surface area contributed by atoms with E-state index in [1.165, 1.54) is 23.8 Å². The minimum atomic E-state index is -0.0146. The van der Waals surface area contributed by atoms with Crippen molar-refractivity contribution in [1.29, 1.82) is 0 Å². The van der Waals surface area contributed by atoms with Crippen LogP contribution in [0.15, 0.2) is 130 Å². The van der Waals surface area contributed by atoms with Crippen LogP contribution in [0.1, 0.15) is 26.3 Å². The van der Waals surface area contributed by atoms with E-state index in [1.807, 2.05) is 0 Å². The van der Waals surface area contributed by atoms with Gasteiger partial charge in [0.15, 0.2) is 14.7 Å². The van der Waals surface area contributed by atoms with Crippen LogP contribution < -0.4 is 0 Å². The second-order valence-electron chi connectivity index (χ2n) is 8.00. The molecule has 0 aliphatic carbocycles. The summed E-state index contributed by atoms with van der Waals surface area (Å²) in [5.74, 6) is 0. The lowest BCUT2D eigenvalue weighted by molar-refractivity contribution is 0.590. The number of halogens is 1. The predicted molar refractivity (Wildman–Crippen MR) is 139 cm³/mol. The van der Waals surface area contributed by atoms with Gasteiger partial charge in [-0.1, -0.05) is 87.5 Å². The van der Waals surface area contributed by atoms with E-state index in [0.29, 0.717) is 0 Å². The molecule has 4 aromatic rings. The van der Waals surface area contributed by atoms with Crippen LogP contribution in [0.4, 0.5) is 0 Å². The van der Waals surface area contributed by atoms with Crippen molar-refractivity contribution in [3.63, 3.8) is 0 Å². The third kappa shape index (κ3) is 6.48. The van der Waals surface area contributed by atoms with Gasteiger partial charge in [0.2, 0.25) is 0 Å². The zero-order chi connectivity index (χ0) is 21.4. The summed E-state index contributed by atoms with van der Waals surface area (Å²) in [5, 5.41) is 0. The summed E-state index contributed by atoms with van der Waals surface area (Å²) < 4.78 is 1.30. The van der Waals surface area contributed by atoms with Crippen LogP contribution >= 0.6 is 22.6 Å². The van der Waals surface area contributed by atoms with Crippen LogP contribution in [0.3, 0.4) is 0 Å². The molecule has 0 saturated carbocycles. The highest BCUT2D eigenvalue weighted by molar-refractivity contribution is 14.1. The van der Waals surface area contributed by atoms with Gasteiger partial charge in [0, 0.05) is 3.57 Å². The third-order valence-corrected chi connectivity index (χ3v) is 7.60. The molecular formula is C28H28IS+. The number of rotatable bonds is 3. The molecule has 0 aliphatic heterocycles. The van der Waals surface area contributed by atoms with Crippen LogP contribution in [0.2, 0.25) is 0 Å². The normalized spacial score (nSPS) is 11.0. The molecule has 0 atom stereocenters. The Balaban J connectivity index is 0.000000199. The first-order valence-corrected chi connectivity index (χ1v) is 12.4. The van der Waals surface area contributed by atoms with E-state index < -0.39 is 0 Å². The zero-order valence-electron chi connectivity index (χ0n) is 17.8. The van der Waals surface area contributed by atoms with Gasteiger partial charge in [-0.05, 0) is 82.1 Å². The summed E-state index contributed by atoms with van der Waals surface area (Å²) in [6.07, 6.45) is 0. The summed E-state index contributed by atoms with van der Waals surface area (Å²) in [6.45, 7) is 6.69. The largest absolute Gasteiger partial charge is 0.166 e. The van der Waals surface area contributed by atoms with Crippen molar-refractivity contribution in [2.75, 3.05) is 0 Å². The van der Waals surface area contributed by atoms with Crippen molar-refractivity contribution in [2.24, 2.45) is 0 Å². The first kappa shape index (κ1) is 22.6. The molecule has 0 heterocycles. The molecule has 0 N–H and O–H groups in total. The van der Waals surface area contributed by atoms with E-state index in [4.69, 9.17) is 0 Å². The minimum Gasteiger partial charge on any atom is -0.0619 e. The highest BCUT2D eigenvalue weighted by Crippen LogP contribution is 2.30. The van der Waals surface area contributed by atoms with E-state index >= 15 is 0 Å². The van der Waals surface area contributed by atoms with Gasteiger partial charge >= 0.3 is 0 Å². The third-order valence-electron chi connectivity index (χ3n) is 4.65. The standard InChI is InChI=1S/C18H15S.C10H13I/c1-4-10-16(11-5-1)19(17-12-6-2-7-13-17)18-14-8-3-9-15-18;1-10(2,3)8-4-6-9(11)7-5-8/h1-15H;4-7H,1-3H3/q+1;. The van der Waals surface area contributed by atoms with Gasteiger partial charge in [0.1, 0.15) is 0 Å². The summed E-state index contributed by atoms with van der Waals surface area (Å²) in [5.41, 5.74) is 1.68. The predicted octanol–water partition coefficient (Wildman–Crippen LogP) is 8.37. The molecule has 152 valence electrons. The van der Waals surface area contributed by atoms with Crippen LogP contribution in [0, 0.1) is 3.57 Å². The van der Waals surface area contributed by atoms with Gasteiger partial charge in [0.25, 0.3) is 0 Å². The molecular weight excluding hydrogens is 495 g/mol. The fourth-order valence-electron chi connectivity index (χ4n) is 3.03. The monoisotopic (exact) mass is 523 g/mol. The lowest BCUT2D eigenvalue weighted by atomic mass is 9.87. The highest BCUT2D eigenvalue weighted by Gasteiger charge is 2.27. The van der Waals surface area contributed by atoms with E-state index in [2.05, 4.69) is 159 Å². The van der Waals surface area contributed by atoms with Gasteiger partial charge in [-0.15, -0.1) is 0 Å². The van der Waals surface area contributed by atoms with Crippen molar-refractivity contribution in [2.45, 2.75) is 40.9 Å². The Morgan fingerprint density at radius 1 is 0.500 bits per heavy atom. The first-order valence-electron chi connectivity index (χ1n) is 10.1. The Hall–Kier alpha value is -2.04. The molecule has 0 saturated heterocycles. The summed E-state index contributed by atoms with van der Waals surface area (Å²) in [4.78, 5) is 4.08. The van der Waals surface area contributed by atoms with Gasteiger partial charge in [-0.2, -0.15) is 0 Å². The maximum Gasteiger partial charge on any atom is 0.166 e. The van der Waals surface area contributed by atoms with Crippen molar-refractivity contribution < 1.29 is 0 Å². The van der Waals surface area contributed by atoms with E-state index in [1.54, 1.807) is 0 Å². The Labute approximate surface area is 197 Å². The molecule has 0 aromatic heterocycles. The second-order valence-corrected chi connectivity index (χ2v) is 11.3. The molecule has 2 heteroatoms.